The molecule has 2 N–H and O–H groups in total. The zero-order chi connectivity index (χ0) is 14.5. The summed E-state index contributed by atoms with van der Waals surface area (Å²) in [4.78, 5) is 11.7. The smallest absolute Gasteiger partial charge is 0.407 e. The second kappa shape index (κ2) is 6.45. The number of nitrogens with one attached hydrogen (secondary N) is 2. The fraction of sp³-hybridized carbons (Fsp3) is 0.533. The number of rotatable bonds is 4. The Bertz CT molecular complexity index is 398. The van der Waals surface area contributed by atoms with Gasteiger partial charge in [-0.3, -0.25) is 0 Å². The van der Waals surface area contributed by atoms with E-state index in [9.17, 15) is 4.79 Å². The van der Waals surface area contributed by atoms with E-state index in [-0.39, 0.29) is 18.2 Å². The Kier molecular flexibility index (Phi) is 5.21. The maximum atomic E-state index is 11.7. The maximum absolute atomic E-state index is 11.7. The molecule has 1 aromatic rings. The molecule has 0 bridgehead atoms. The second-order valence-electron chi connectivity index (χ2n) is 5.73. The van der Waals surface area contributed by atoms with E-state index in [4.69, 9.17) is 4.74 Å². The van der Waals surface area contributed by atoms with E-state index < -0.39 is 5.60 Å². The molecule has 1 amide bonds. The van der Waals surface area contributed by atoms with Crippen molar-refractivity contribution in [2.24, 2.45) is 0 Å². The van der Waals surface area contributed by atoms with Crippen molar-refractivity contribution in [2.75, 3.05) is 5.32 Å². The van der Waals surface area contributed by atoms with Gasteiger partial charge >= 0.3 is 6.09 Å². The summed E-state index contributed by atoms with van der Waals surface area (Å²) in [6.07, 6.45) is -0.387. The van der Waals surface area contributed by atoms with Gasteiger partial charge in [0.15, 0.2) is 0 Å². The predicted molar refractivity (Wildman–Crippen MR) is 78.4 cm³/mol. The Morgan fingerprint density at radius 3 is 2.21 bits per heavy atom. The Balaban J connectivity index is 2.45. The van der Waals surface area contributed by atoms with Crippen molar-refractivity contribution in [3.63, 3.8) is 0 Å². The first-order chi connectivity index (χ1) is 8.78. The molecule has 0 aliphatic heterocycles. The van der Waals surface area contributed by atoms with Crippen LogP contribution in [-0.2, 0) is 4.74 Å². The number of amides is 1. The molecule has 19 heavy (non-hydrogen) atoms. The van der Waals surface area contributed by atoms with E-state index in [2.05, 4.69) is 10.6 Å². The molecule has 0 saturated carbocycles. The summed E-state index contributed by atoms with van der Waals surface area (Å²) < 4.78 is 5.23. The first-order valence-electron chi connectivity index (χ1n) is 6.59. The van der Waals surface area contributed by atoms with Gasteiger partial charge in [0.05, 0.1) is 0 Å². The zero-order valence-electron chi connectivity index (χ0n) is 12.4. The molecular formula is C15H24N2O2. The third-order valence-electron chi connectivity index (χ3n) is 2.66. The second-order valence-corrected chi connectivity index (χ2v) is 5.73. The number of benzene rings is 1. The molecule has 4 nitrogen and oxygen atoms in total. The van der Waals surface area contributed by atoms with Crippen molar-refractivity contribution in [2.45, 2.75) is 52.3 Å². The molecule has 2 atom stereocenters. The molecule has 0 radical (unpaired) electrons. The normalized spacial score (nSPS) is 14.4. The van der Waals surface area contributed by atoms with Gasteiger partial charge in [-0.05, 0) is 46.8 Å². The minimum absolute atomic E-state index is 0.0324. The lowest BCUT2D eigenvalue weighted by molar-refractivity contribution is 0.0505. The van der Waals surface area contributed by atoms with Crippen LogP contribution in [0, 0.1) is 0 Å². The van der Waals surface area contributed by atoms with Crippen molar-refractivity contribution >= 4 is 11.8 Å². The van der Waals surface area contributed by atoms with E-state index in [1.165, 1.54) is 0 Å². The Morgan fingerprint density at radius 1 is 1.11 bits per heavy atom. The average molecular weight is 264 g/mol. The van der Waals surface area contributed by atoms with Crippen LogP contribution in [0.5, 0.6) is 0 Å². The van der Waals surface area contributed by atoms with Crippen molar-refractivity contribution in [3.8, 4) is 0 Å². The predicted octanol–water partition coefficient (Wildman–Crippen LogP) is 3.40. The molecule has 0 unspecified atom stereocenters. The van der Waals surface area contributed by atoms with Crippen LogP contribution in [0.1, 0.15) is 34.6 Å². The molecule has 0 heterocycles. The van der Waals surface area contributed by atoms with E-state index >= 15 is 0 Å². The van der Waals surface area contributed by atoms with Crippen LogP contribution in [-0.4, -0.2) is 23.8 Å². The number of carbonyl (C=O) groups is 1. The molecule has 1 aromatic carbocycles. The van der Waals surface area contributed by atoms with Crippen LogP contribution in [0.25, 0.3) is 0 Å². The number of ether oxygens (including phenoxy) is 1. The summed E-state index contributed by atoms with van der Waals surface area (Å²) in [6.45, 7) is 9.52. The number of carbonyl (C=O) groups excluding carboxylic acids is 1. The first-order valence-corrected chi connectivity index (χ1v) is 6.59. The quantitative estimate of drug-likeness (QED) is 0.876. The highest BCUT2D eigenvalue weighted by Crippen LogP contribution is 2.10. The highest BCUT2D eigenvalue weighted by molar-refractivity contribution is 5.68. The summed E-state index contributed by atoms with van der Waals surface area (Å²) in [5.74, 6) is 0. The van der Waals surface area contributed by atoms with E-state index in [1.54, 1.807) is 0 Å². The van der Waals surface area contributed by atoms with Gasteiger partial charge in [-0.1, -0.05) is 18.2 Å². The largest absolute Gasteiger partial charge is 0.444 e. The molecule has 0 aromatic heterocycles. The van der Waals surface area contributed by atoms with Gasteiger partial charge in [0, 0.05) is 17.8 Å². The number of para-hydroxylation sites is 1. The highest BCUT2D eigenvalue weighted by Gasteiger charge is 2.20. The molecule has 0 fully saturated rings. The van der Waals surface area contributed by atoms with Crippen LogP contribution >= 0.6 is 0 Å². The van der Waals surface area contributed by atoms with Crippen molar-refractivity contribution in [1.29, 1.82) is 0 Å². The molecule has 0 spiro atoms. The molecule has 1 rings (SSSR count). The summed E-state index contributed by atoms with van der Waals surface area (Å²) >= 11 is 0. The summed E-state index contributed by atoms with van der Waals surface area (Å²) in [7, 11) is 0. The van der Waals surface area contributed by atoms with Crippen LogP contribution in [0.3, 0.4) is 0 Å². The van der Waals surface area contributed by atoms with Gasteiger partial charge in [0.1, 0.15) is 5.60 Å². The Hall–Kier alpha value is -1.71. The van der Waals surface area contributed by atoms with Crippen LogP contribution in [0.4, 0.5) is 10.5 Å². The maximum Gasteiger partial charge on any atom is 0.407 e. The molecule has 0 aliphatic carbocycles. The Labute approximate surface area is 115 Å². The van der Waals surface area contributed by atoms with Crippen molar-refractivity contribution < 1.29 is 9.53 Å². The molecule has 0 saturated heterocycles. The van der Waals surface area contributed by atoms with Gasteiger partial charge in [-0.15, -0.1) is 0 Å². The van der Waals surface area contributed by atoms with Crippen LogP contribution < -0.4 is 10.6 Å². The topological polar surface area (TPSA) is 50.4 Å². The summed E-state index contributed by atoms with van der Waals surface area (Å²) in [5.41, 5.74) is 0.563. The van der Waals surface area contributed by atoms with Crippen LogP contribution in [0.15, 0.2) is 30.3 Å². The average Bonchev–Trinajstić information content (AvgIpc) is 2.27. The lowest BCUT2D eigenvalue weighted by Crippen LogP contribution is -2.45. The Morgan fingerprint density at radius 2 is 1.68 bits per heavy atom. The fourth-order valence-corrected chi connectivity index (χ4v) is 1.54. The number of anilines is 1. The van der Waals surface area contributed by atoms with Gasteiger partial charge in [0.25, 0.3) is 0 Å². The summed E-state index contributed by atoms with van der Waals surface area (Å²) in [6, 6.07) is 9.98. The van der Waals surface area contributed by atoms with E-state index in [0.29, 0.717) is 0 Å². The van der Waals surface area contributed by atoms with Gasteiger partial charge in [-0.25, -0.2) is 4.79 Å². The highest BCUT2D eigenvalue weighted by atomic mass is 16.6. The van der Waals surface area contributed by atoms with Crippen LogP contribution in [0.2, 0.25) is 0 Å². The molecular weight excluding hydrogens is 240 g/mol. The molecule has 106 valence electrons. The van der Waals surface area contributed by atoms with Crippen molar-refractivity contribution in [3.05, 3.63) is 30.3 Å². The van der Waals surface area contributed by atoms with Gasteiger partial charge < -0.3 is 15.4 Å². The minimum atomic E-state index is -0.472. The first kappa shape index (κ1) is 15.3. The number of hydrogen-bond acceptors (Lipinski definition) is 3. The number of alkyl carbamates (subject to hydrolysis) is 1. The fourth-order valence-electron chi connectivity index (χ4n) is 1.54. The minimum Gasteiger partial charge on any atom is -0.444 e. The SMILES string of the molecule is C[C@@H](NC(=O)OC(C)(C)C)[C@@H](C)Nc1ccccc1. The van der Waals surface area contributed by atoms with E-state index in [0.717, 1.165) is 5.69 Å². The van der Waals surface area contributed by atoms with Gasteiger partial charge in [-0.2, -0.15) is 0 Å². The third-order valence-corrected chi connectivity index (χ3v) is 2.66. The molecule has 0 aliphatic rings. The zero-order valence-corrected chi connectivity index (χ0v) is 12.4. The number of hydrogen-bond donors (Lipinski definition) is 2. The lowest BCUT2D eigenvalue weighted by Gasteiger charge is -2.26. The lowest BCUT2D eigenvalue weighted by atomic mass is 10.1. The van der Waals surface area contributed by atoms with E-state index in [1.807, 2.05) is 65.0 Å². The van der Waals surface area contributed by atoms with Crippen molar-refractivity contribution in [1.82, 2.24) is 5.32 Å². The summed E-state index contributed by atoms with van der Waals surface area (Å²) in [5, 5.41) is 6.17. The monoisotopic (exact) mass is 264 g/mol. The standard InChI is InChI=1S/C15H24N2O2/c1-11(16-13-9-7-6-8-10-13)12(2)17-14(18)19-15(3,4)5/h6-12,16H,1-5H3,(H,17,18)/t11-,12-/m1/s1. The molecule has 4 heteroatoms. The third kappa shape index (κ3) is 6.13. The van der Waals surface area contributed by atoms with Gasteiger partial charge in [0.2, 0.25) is 0 Å².